The van der Waals surface area contributed by atoms with Crippen molar-refractivity contribution in [2.75, 3.05) is 12.3 Å². The van der Waals surface area contributed by atoms with E-state index in [2.05, 4.69) is 5.32 Å². The van der Waals surface area contributed by atoms with Crippen LogP contribution in [0.25, 0.3) is 0 Å². The van der Waals surface area contributed by atoms with Crippen LogP contribution >= 0.6 is 11.8 Å². The zero-order chi connectivity index (χ0) is 15.9. The molecule has 2 rings (SSSR count). The molecule has 2 nitrogen and oxygen atoms in total. The van der Waals surface area contributed by atoms with Crippen LogP contribution in [-0.2, 0) is 5.75 Å². The lowest BCUT2D eigenvalue weighted by atomic mass is 10.2. The van der Waals surface area contributed by atoms with Crippen LogP contribution in [-0.4, -0.2) is 18.2 Å². The fourth-order valence-corrected chi connectivity index (χ4v) is 2.65. The first-order chi connectivity index (χ1) is 10.6. The van der Waals surface area contributed by atoms with Gasteiger partial charge in [0.15, 0.2) is 0 Å². The minimum atomic E-state index is -0.766. The van der Waals surface area contributed by atoms with Crippen molar-refractivity contribution in [2.45, 2.75) is 5.75 Å². The normalized spacial score (nSPS) is 10.5. The minimum Gasteiger partial charge on any atom is -0.351 e. The van der Waals surface area contributed by atoms with Crippen molar-refractivity contribution in [3.05, 3.63) is 71.0 Å². The van der Waals surface area contributed by atoms with Gasteiger partial charge in [0.25, 0.3) is 5.91 Å². The van der Waals surface area contributed by atoms with Crippen LogP contribution in [0.3, 0.4) is 0 Å². The van der Waals surface area contributed by atoms with E-state index in [4.69, 9.17) is 0 Å². The highest BCUT2D eigenvalue weighted by atomic mass is 32.2. The predicted octanol–water partition coefficient (Wildman–Crippen LogP) is 3.77. The summed E-state index contributed by atoms with van der Waals surface area (Å²) in [6.45, 7) is 0.286. The number of amides is 1. The monoisotopic (exact) mass is 325 g/mol. The van der Waals surface area contributed by atoms with Crippen LogP contribution in [0.15, 0.2) is 42.5 Å². The second-order valence-electron chi connectivity index (χ2n) is 4.52. The molecular formula is C16H14F3NOS. The van der Waals surface area contributed by atoms with Gasteiger partial charge in [0.1, 0.15) is 17.5 Å². The molecule has 0 aliphatic heterocycles. The van der Waals surface area contributed by atoms with Crippen molar-refractivity contribution in [2.24, 2.45) is 0 Å². The second kappa shape index (κ2) is 7.89. The van der Waals surface area contributed by atoms with E-state index in [0.717, 1.165) is 18.2 Å². The molecule has 0 unspecified atom stereocenters. The second-order valence-corrected chi connectivity index (χ2v) is 5.63. The molecule has 6 heteroatoms. The van der Waals surface area contributed by atoms with Gasteiger partial charge < -0.3 is 5.32 Å². The van der Waals surface area contributed by atoms with Gasteiger partial charge in [-0.15, -0.1) is 0 Å². The number of thioether (sulfide) groups is 1. The summed E-state index contributed by atoms with van der Waals surface area (Å²) >= 11 is 1.44. The van der Waals surface area contributed by atoms with Gasteiger partial charge in [-0.2, -0.15) is 11.8 Å². The van der Waals surface area contributed by atoms with E-state index in [1.165, 1.54) is 17.8 Å². The Hall–Kier alpha value is -1.95. The van der Waals surface area contributed by atoms with E-state index in [1.54, 1.807) is 18.2 Å². The van der Waals surface area contributed by atoms with Crippen molar-refractivity contribution in [3.63, 3.8) is 0 Å². The van der Waals surface area contributed by atoms with Crippen LogP contribution in [0.1, 0.15) is 15.9 Å². The maximum absolute atomic E-state index is 13.4. The summed E-state index contributed by atoms with van der Waals surface area (Å²) in [5.41, 5.74) is 0.272. The van der Waals surface area contributed by atoms with E-state index in [1.807, 2.05) is 0 Å². The molecular weight excluding hydrogens is 311 g/mol. The van der Waals surface area contributed by atoms with Gasteiger partial charge in [0.05, 0.1) is 5.56 Å². The maximum atomic E-state index is 13.4. The zero-order valence-electron chi connectivity index (χ0n) is 11.6. The summed E-state index contributed by atoms with van der Waals surface area (Å²) in [7, 11) is 0. The molecule has 22 heavy (non-hydrogen) atoms. The fraction of sp³-hybridized carbons (Fsp3) is 0.188. The molecule has 0 aliphatic rings. The summed E-state index contributed by atoms with van der Waals surface area (Å²) in [6, 6.07) is 9.20. The third kappa shape index (κ3) is 4.53. The molecule has 0 bridgehead atoms. The minimum absolute atomic E-state index is 0.263. The first-order valence-corrected chi connectivity index (χ1v) is 7.78. The first kappa shape index (κ1) is 16.4. The maximum Gasteiger partial charge on any atom is 0.254 e. The van der Waals surface area contributed by atoms with Crippen molar-refractivity contribution in [1.29, 1.82) is 0 Å². The molecule has 1 N–H and O–H groups in total. The van der Waals surface area contributed by atoms with E-state index >= 15 is 0 Å². The number of hydrogen-bond donors (Lipinski definition) is 1. The van der Waals surface area contributed by atoms with E-state index in [-0.39, 0.29) is 17.9 Å². The van der Waals surface area contributed by atoms with Crippen LogP contribution < -0.4 is 5.32 Å². The first-order valence-electron chi connectivity index (χ1n) is 6.62. The van der Waals surface area contributed by atoms with Crippen LogP contribution in [0.5, 0.6) is 0 Å². The Bertz CT molecular complexity index is 664. The number of carbonyl (C=O) groups is 1. The van der Waals surface area contributed by atoms with Gasteiger partial charge in [0.2, 0.25) is 0 Å². The molecule has 1 amide bonds. The molecule has 0 aliphatic carbocycles. The Labute approximate surface area is 130 Å². The standard InChI is InChI=1S/C16H14F3NOS/c17-12-5-6-15(19)13(9-12)16(21)20-7-8-22-10-11-3-1-2-4-14(11)18/h1-6,9H,7-8,10H2,(H,20,21). The number of halogens is 3. The van der Waals surface area contributed by atoms with Crippen LogP contribution in [0.4, 0.5) is 13.2 Å². The van der Waals surface area contributed by atoms with E-state index in [0.29, 0.717) is 17.1 Å². The lowest BCUT2D eigenvalue weighted by molar-refractivity contribution is 0.0951. The largest absolute Gasteiger partial charge is 0.351 e. The molecule has 0 heterocycles. The highest BCUT2D eigenvalue weighted by Crippen LogP contribution is 2.15. The smallest absolute Gasteiger partial charge is 0.254 e. The molecule has 2 aromatic rings. The third-order valence-electron chi connectivity index (χ3n) is 2.92. The highest BCUT2D eigenvalue weighted by molar-refractivity contribution is 7.98. The lowest BCUT2D eigenvalue weighted by Gasteiger charge is -2.07. The van der Waals surface area contributed by atoms with Gasteiger partial charge in [-0.05, 0) is 29.8 Å². The van der Waals surface area contributed by atoms with Crippen LogP contribution in [0, 0.1) is 17.5 Å². The molecule has 0 saturated heterocycles. The summed E-state index contributed by atoms with van der Waals surface area (Å²) in [4.78, 5) is 11.7. The van der Waals surface area contributed by atoms with Gasteiger partial charge in [-0.1, -0.05) is 18.2 Å². The number of hydrogen-bond acceptors (Lipinski definition) is 2. The fourth-order valence-electron chi connectivity index (χ4n) is 1.80. The Morgan fingerprint density at radius 3 is 2.59 bits per heavy atom. The molecule has 116 valence electrons. The van der Waals surface area contributed by atoms with Crippen LogP contribution in [0.2, 0.25) is 0 Å². The molecule has 0 atom stereocenters. The van der Waals surface area contributed by atoms with Crippen molar-refractivity contribution < 1.29 is 18.0 Å². The summed E-state index contributed by atoms with van der Waals surface area (Å²) < 4.78 is 39.7. The average molecular weight is 325 g/mol. The number of carbonyl (C=O) groups excluding carboxylic acids is 1. The Morgan fingerprint density at radius 2 is 1.82 bits per heavy atom. The number of benzene rings is 2. The summed E-state index contributed by atoms with van der Waals surface area (Å²) in [5.74, 6) is -1.34. The van der Waals surface area contributed by atoms with Gasteiger partial charge in [0, 0.05) is 18.1 Å². The molecule has 0 fully saturated rings. The van der Waals surface area contributed by atoms with E-state index in [9.17, 15) is 18.0 Å². The summed E-state index contributed by atoms with van der Waals surface area (Å²) in [5, 5.41) is 2.51. The highest BCUT2D eigenvalue weighted by Gasteiger charge is 2.12. The topological polar surface area (TPSA) is 29.1 Å². The predicted molar refractivity (Wildman–Crippen MR) is 81.3 cm³/mol. The van der Waals surface area contributed by atoms with Crippen molar-refractivity contribution >= 4 is 17.7 Å². The van der Waals surface area contributed by atoms with Crippen molar-refractivity contribution in [3.8, 4) is 0 Å². The Kier molecular flexibility index (Phi) is 5.89. The molecule has 0 radical (unpaired) electrons. The Morgan fingerprint density at radius 1 is 1.05 bits per heavy atom. The zero-order valence-corrected chi connectivity index (χ0v) is 12.4. The van der Waals surface area contributed by atoms with Gasteiger partial charge in [-0.25, -0.2) is 13.2 Å². The van der Waals surface area contributed by atoms with Gasteiger partial charge >= 0.3 is 0 Å². The van der Waals surface area contributed by atoms with E-state index < -0.39 is 17.5 Å². The SMILES string of the molecule is O=C(NCCSCc1ccccc1F)c1cc(F)ccc1F. The van der Waals surface area contributed by atoms with Gasteiger partial charge in [-0.3, -0.25) is 4.79 Å². The lowest BCUT2D eigenvalue weighted by Crippen LogP contribution is -2.26. The number of rotatable bonds is 6. The third-order valence-corrected chi connectivity index (χ3v) is 3.93. The molecule has 0 aromatic heterocycles. The van der Waals surface area contributed by atoms with Crippen molar-refractivity contribution in [1.82, 2.24) is 5.32 Å². The molecule has 0 saturated carbocycles. The quantitative estimate of drug-likeness (QED) is 0.819. The Balaban J connectivity index is 1.76. The number of nitrogens with one attached hydrogen (secondary N) is 1. The average Bonchev–Trinajstić information content (AvgIpc) is 2.51. The summed E-state index contributed by atoms with van der Waals surface area (Å²) in [6.07, 6.45) is 0. The molecule has 0 spiro atoms. The molecule has 2 aromatic carbocycles.